The minimum absolute atomic E-state index is 0.432. The number of thiophene rings is 1. The molecule has 1 aromatic carbocycles. The zero-order valence-corrected chi connectivity index (χ0v) is 14.6. The van der Waals surface area contributed by atoms with E-state index in [1.54, 1.807) is 11.3 Å². The van der Waals surface area contributed by atoms with E-state index < -0.39 is 0 Å². The van der Waals surface area contributed by atoms with Gasteiger partial charge in [-0.3, -0.25) is 0 Å². The molecule has 0 fully saturated rings. The van der Waals surface area contributed by atoms with E-state index in [-0.39, 0.29) is 0 Å². The summed E-state index contributed by atoms with van der Waals surface area (Å²) in [7, 11) is 0. The van der Waals surface area contributed by atoms with Crippen molar-refractivity contribution in [3.8, 4) is 5.75 Å². The monoisotopic (exact) mass is 365 g/mol. The average Bonchev–Trinajstić information content (AvgIpc) is 3.11. The molecule has 1 aromatic heterocycles. The Morgan fingerprint density at radius 3 is 3.05 bits per heavy atom. The van der Waals surface area contributed by atoms with Gasteiger partial charge in [0.25, 0.3) is 0 Å². The second kappa shape index (κ2) is 6.95. The molecule has 1 atom stereocenters. The predicted octanol–water partition coefficient (Wildman–Crippen LogP) is 4.73. The van der Waals surface area contributed by atoms with Gasteiger partial charge < -0.3 is 10.1 Å². The molecule has 2 heterocycles. The van der Waals surface area contributed by atoms with Gasteiger partial charge >= 0.3 is 0 Å². The van der Waals surface area contributed by atoms with Crippen molar-refractivity contribution in [3.05, 3.63) is 50.1 Å². The number of rotatable bonds is 6. The first-order chi connectivity index (χ1) is 10.3. The minimum Gasteiger partial charge on any atom is -0.493 e. The molecule has 1 aliphatic rings. The molecule has 112 valence electrons. The fourth-order valence-corrected chi connectivity index (χ4v) is 4.08. The summed E-state index contributed by atoms with van der Waals surface area (Å²) in [5.74, 6) is 1.07. The lowest BCUT2D eigenvalue weighted by atomic mass is 9.99. The Bertz CT molecular complexity index is 611. The third kappa shape index (κ3) is 3.68. The summed E-state index contributed by atoms with van der Waals surface area (Å²) in [5, 5.41) is 5.84. The molecule has 2 nitrogen and oxygen atoms in total. The Morgan fingerprint density at radius 2 is 2.29 bits per heavy atom. The minimum atomic E-state index is 0.432. The molecule has 0 bridgehead atoms. The van der Waals surface area contributed by atoms with Crippen LogP contribution in [-0.4, -0.2) is 13.2 Å². The van der Waals surface area contributed by atoms with Crippen molar-refractivity contribution in [2.24, 2.45) is 0 Å². The average molecular weight is 366 g/mol. The number of hydrogen-bond acceptors (Lipinski definition) is 3. The van der Waals surface area contributed by atoms with Gasteiger partial charge in [-0.05, 0) is 69.5 Å². The topological polar surface area (TPSA) is 21.3 Å². The molecule has 1 aliphatic heterocycles. The van der Waals surface area contributed by atoms with Crippen molar-refractivity contribution in [1.82, 2.24) is 5.32 Å². The van der Waals surface area contributed by atoms with Gasteiger partial charge in [-0.1, -0.05) is 19.1 Å². The smallest absolute Gasteiger partial charge is 0.122 e. The number of benzene rings is 1. The number of ether oxygens (including phenoxy) is 1. The maximum Gasteiger partial charge on any atom is 0.122 e. The largest absolute Gasteiger partial charge is 0.493 e. The van der Waals surface area contributed by atoms with Crippen LogP contribution in [0.5, 0.6) is 5.75 Å². The standard InChI is InChI=1S/C17H20BrNOS/c1-2-19-15(14-10-17(18)21-11-14)5-3-12-4-6-16-13(9-12)7-8-20-16/h4,6,9-11,15,19H,2-3,5,7-8H2,1H3. The molecule has 21 heavy (non-hydrogen) atoms. The molecule has 0 amide bonds. The molecular weight excluding hydrogens is 346 g/mol. The molecule has 3 rings (SSSR count). The molecular formula is C17H20BrNOS. The summed E-state index contributed by atoms with van der Waals surface area (Å²) >= 11 is 5.31. The summed E-state index contributed by atoms with van der Waals surface area (Å²) in [6, 6.07) is 9.31. The lowest BCUT2D eigenvalue weighted by Crippen LogP contribution is -2.21. The van der Waals surface area contributed by atoms with E-state index in [9.17, 15) is 0 Å². The summed E-state index contributed by atoms with van der Waals surface area (Å²) in [5.41, 5.74) is 4.17. The lowest BCUT2D eigenvalue weighted by molar-refractivity contribution is 0.357. The van der Waals surface area contributed by atoms with Crippen molar-refractivity contribution < 1.29 is 4.74 Å². The molecule has 4 heteroatoms. The first-order valence-corrected chi connectivity index (χ1v) is 9.15. The van der Waals surface area contributed by atoms with Crippen molar-refractivity contribution in [1.29, 1.82) is 0 Å². The Labute approximate surface area is 138 Å². The number of aryl methyl sites for hydroxylation is 1. The summed E-state index contributed by atoms with van der Waals surface area (Å²) in [4.78, 5) is 0. The SMILES string of the molecule is CCNC(CCc1ccc2c(c1)CCO2)c1csc(Br)c1. The van der Waals surface area contributed by atoms with Crippen LogP contribution in [0.3, 0.4) is 0 Å². The van der Waals surface area contributed by atoms with Gasteiger partial charge in [0.15, 0.2) is 0 Å². The number of fused-ring (bicyclic) bond motifs is 1. The van der Waals surface area contributed by atoms with Crippen molar-refractivity contribution in [2.75, 3.05) is 13.2 Å². The van der Waals surface area contributed by atoms with Crippen molar-refractivity contribution in [2.45, 2.75) is 32.2 Å². The van der Waals surface area contributed by atoms with Gasteiger partial charge in [-0.25, -0.2) is 0 Å². The van der Waals surface area contributed by atoms with E-state index in [1.807, 2.05) is 0 Å². The summed E-state index contributed by atoms with van der Waals surface area (Å²) < 4.78 is 6.78. The van der Waals surface area contributed by atoms with Crippen molar-refractivity contribution in [3.63, 3.8) is 0 Å². The van der Waals surface area contributed by atoms with Gasteiger partial charge in [-0.2, -0.15) is 0 Å². The maximum absolute atomic E-state index is 5.57. The number of halogens is 1. The predicted molar refractivity (Wildman–Crippen MR) is 92.4 cm³/mol. The molecule has 0 spiro atoms. The quantitative estimate of drug-likeness (QED) is 0.798. The van der Waals surface area contributed by atoms with Crippen LogP contribution in [-0.2, 0) is 12.8 Å². The van der Waals surface area contributed by atoms with E-state index in [2.05, 4.69) is 57.8 Å². The van der Waals surface area contributed by atoms with Crippen LogP contribution < -0.4 is 10.1 Å². The van der Waals surface area contributed by atoms with Gasteiger partial charge in [0.2, 0.25) is 0 Å². The number of nitrogens with one attached hydrogen (secondary N) is 1. The molecule has 0 saturated heterocycles. The van der Waals surface area contributed by atoms with Gasteiger partial charge in [-0.15, -0.1) is 11.3 Å². The third-order valence-electron chi connectivity index (χ3n) is 3.92. The summed E-state index contributed by atoms with van der Waals surface area (Å²) in [6.07, 6.45) is 3.27. The van der Waals surface area contributed by atoms with E-state index >= 15 is 0 Å². The third-order valence-corrected chi connectivity index (χ3v) is 5.44. The maximum atomic E-state index is 5.57. The highest BCUT2D eigenvalue weighted by Gasteiger charge is 2.15. The fraction of sp³-hybridized carbons (Fsp3) is 0.412. The van der Waals surface area contributed by atoms with E-state index in [1.165, 1.54) is 20.5 Å². The second-order valence-electron chi connectivity index (χ2n) is 5.37. The van der Waals surface area contributed by atoms with Crippen LogP contribution in [0.2, 0.25) is 0 Å². The van der Waals surface area contributed by atoms with Crippen LogP contribution in [0.4, 0.5) is 0 Å². The molecule has 1 unspecified atom stereocenters. The Hall–Kier alpha value is -0.840. The highest BCUT2D eigenvalue weighted by molar-refractivity contribution is 9.11. The second-order valence-corrected chi connectivity index (χ2v) is 7.66. The van der Waals surface area contributed by atoms with Gasteiger partial charge in [0.1, 0.15) is 5.75 Å². The highest BCUT2D eigenvalue weighted by atomic mass is 79.9. The van der Waals surface area contributed by atoms with Crippen LogP contribution >= 0.6 is 27.3 Å². The highest BCUT2D eigenvalue weighted by Crippen LogP contribution is 2.30. The van der Waals surface area contributed by atoms with Crippen LogP contribution in [0.25, 0.3) is 0 Å². The zero-order valence-electron chi connectivity index (χ0n) is 12.2. The number of hydrogen-bond donors (Lipinski definition) is 1. The Kier molecular flexibility index (Phi) is 4.99. The van der Waals surface area contributed by atoms with E-state index in [4.69, 9.17) is 4.74 Å². The van der Waals surface area contributed by atoms with Crippen LogP contribution in [0, 0.1) is 0 Å². The first-order valence-electron chi connectivity index (χ1n) is 7.48. The Balaban J connectivity index is 1.66. The van der Waals surface area contributed by atoms with Gasteiger partial charge in [0, 0.05) is 12.5 Å². The van der Waals surface area contributed by atoms with Crippen LogP contribution in [0.1, 0.15) is 36.1 Å². The summed E-state index contributed by atoms with van der Waals surface area (Å²) in [6.45, 7) is 4.00. The molecule has 0 saturated carbocycles. The molecule has 1 N–H and O–H groups in total. The van der Waals surface area contributed by atoms with Gasteiger partial charge in [0.05, 0.1) is 10.4 Å². The molecule has 0 radical (unpaired) electrons. The molecule has 0 aliphatic carbocycles. The first kappa shape index (κ1) is 15.1. The Morgan fingerprint density at radius 1 is 1.38 bits per heavy atom. The van der Waals surface area contributed by atoms with E-state index in [0.717, 1.165) is 38.2 Å². The molecule has 2 aromatic rings. The fourth-order valence-electron chi connectivity index (χ4n) is 2.85. The lowest BCUT2D eigenvalue weighted by Gasteiger charge is -2.17. The van der Waals surface area contributed by atoms with Crippen molar-refractivity contribution >= 4 is 27.3 Å². The zero-order chi connectivity index (χ0) is 14.7. The van der Waals surface area contributed by atoms with E-state index in [0.29, 0.717) is 6.04 Å². The van der Waals surface area contributed by atoms with Crippen LogP contribution in [0.15, 0.2) is 33.4 Å². The normalized spacial score (nSPS) is 14.8.